The van der Waals surface area contributed by atoms with Crippen molar-refractivity contribution >= 4 is 11.3 Å². The molecule has 0 bridgehead atoms. The van der Waals surface area contributed by atoms with Crippen LogP contribution in [-0.2, 0) is 11.4 Å². The molecule has 0 spiro atoms. The Morgan fingerprint density at radius 3 is 2.58 bits per heavy atom. The van der Waals surface area contributed by atoms with Crippen molar-refractivity contribution in [2.24, 2.45) is 0 Å². The summed E-state index contributed by atoms with van der Waals surface area (Å²) < 4.78 is 12.8. The average Bonchev–Trinajstić information content (AvgIpc) is 2.77. The minimum Gasteiger partial charge on any atom is -0.296 e. The largest absolute Gasteiger partial charge is 0.296 e. The lowest BCUT2D eigenvalue weighted by Crippen LogP contribution is -2.28. The summed E-state index contributed by atoms with van der Waals surface area (Å²) >= 11 is 1.54. The van der Waals surface area contributed by atoms with Crippen molar-refractivity contribution in [3.05, 3.63) is 41.2 Å². The molecule has 0 saturated carbocycles. The molecule has 1 heterocycles. The Morgan fingerprint density at radius 2 is 1.95 bits per heavy atom. The highest BCUT2D eigenvalue weighted by atomic mass is 32.1. The summed E-state index contributed by atoms with van der Waals surface area (Å²) in [5.41, 5.74) is 4.51. The van der Waals surface area contributed by atoms with Crippen LogP contribution in [0.3, 0.4) is 0 Å². The van der Waals surface area contributed by atoms with Gasteiger partial charge < -0.3 is 0 Å². The lowest BCUT2D eigenvalue weighted by atomic mass is 10.2. The van der Waals surface area contributed by atoms with Crippen LogP contribution >= 0.6 is 11.3 Å². The predicted molar refractivity (Wildman–Crippen MR) is 75.2 cm³/mol. The van der Waals surface area contributed by atoms with Gasteiger partial charge in [-0.3, -0.25) is 4.84 Å². The van der Waals surface area contributed by atoms with Crippen LogP contribution in [0, 0.1) is 5.82 Å². The Kier molecular flexibility index (Phi) is 4.29. The monoisotopic (exact) mass is 280 g/mol. The molecule has 0 aliphatic carbocycles. The number of nitrogens with one attached hydrogen (secondary N) is 1. The summed E-state index contributed by atoms with van der Waals surface area (Å²) in [6.07, 6.45) is 0. The zero-order valence-electron chi connectivity index (χ0n) is 11.2. The molecule has 1 N–H and O–H groups in total. The molecule has 0 aliphatic heterocycles. The van der Waals surface area contributed by atoms with Crippen molar-refractivity contribution in [2.75, 3.05) is 0 Å². The highest BCUT2D eigenvalue weighted by Crippen LogP contribution is 2.23. The highest BCUT2D eigenvalue weighted by molar-refractivity contribution is 7.13. The average molecular weight is 280 g/mol. The first-order chi connectivity index (χ1) is 8.94. The molecule has 0 atom stereocenters. The third kappa shape index (κ3) is 4.38. The molecule has 3 nitrogen and oxygen atoms in total. The van der Waals surface area contributed by atoms with Crippen LogP contribution in [0.25, 0.3) is 10.6 Å². The molecule has 0 unspecified atom stereocenters. The fourth-order valence-corrected chi connectivity index (χ4v) is 2.27. The highest BCUT2D eigenvalue weighted by Gasteiger charge is 2.11. The molecular formula is C14H17FN2OS. The van der Waals surface area contributed by atoms with E-state index in [1.165, 1.54) is 23.5 Å². The number of thiazole rings is 1. The number of benzene rings is 1. The van der Waals surface area contributed by atoms with Crippen molar-refractivity contribution in [2.45, 2.75) is 32.9 Å². The van der Waals surface area contributed by atoms with E-state index < -0.39 is 0 Å². The maximum atomic E-state index is 12.8. The molecule has 2 aromatic rings. The maximum Gasteiger partial charge on any atom is 0.123 e. The second-order valence-electron chi connectivity index (χ2n) is 5.19. The van der Waals surface area contributed by atoms with Gasteiger partial charge in [-0.25, -0.2) is 9.37 Å². The van der Waals surface area contributed by atoms with Crippen molar-refractivity contribution < 1.29 is 9.23 Å². The zero-order chi connectivity index (χ0) is 13.9. The number of hydrogen-bond acceptors (Lipinski definition) is 4. The Morgan fingerprint density at radius 1 is 1.26 bits per heavy atom. The summed E-state index contributed by atoms with van der Waals surface area (Å²) in [7, 11) is 0. The lowest BCUT2D eigenvalue weighted by Gasteiger charge is -2.18. The van der Waals surface area contributed by atoms with Crippen LogP contribution in [0.5, 0.6) is 0 Å². The van der Waals surface area contributed by atoms with E-state index in [0.717, 1.165) is 16.3 Å². The first-order valence-corrected chi connectivity index (χ1v) is 6.93. The van der Waals surface area contributed by atoms with Gasteiger partial charge in [-0.05, 0) is 45.0 Å². The summed E-state index contributed by atoms with van der Waals surface area (Å²) in [6, 6.07) is 6.35. The standard InChI is InChI=1S/C14H17FN2OS/c1-14(2,3)18-16-8-12-9-19-13(17-12)10-4-6-11(15)7-5-10/h4-7,9,16H,8H2,1-3H3. The fourth-order valence-electron chi connectivity index (χ4n) is 1.44. The molecule has 102 valence electrons. The van der Waals surface area contributed by atoms with Gasteiger partial charge in [0.2, 0.25) is 0 Å². The van der Waals surface area contributed by atoms with Crippen LogP contribution in [0.15, 0.2) is 29.6 Å². The molecule has 0 amide bonds. The van der Waals surface area contributed by atoms with Gasteiger partial charge in [0, 0.05) is 10.9 Å². The Bertz CT molecular complexity index is 531. The summed E-state index contributed by atoms with van der Waals surface area (Å²) in [5.74, 6) is -0.235. The second-order valence-corrected chi connectivity index (χ2v) is 6.04. The van der Waals surface area contributed by atoms with E-state index in [1.54, 1.807) is 12.1 Å². The number of hydroxylamine groups is 1. The Balaban J connectivity index is 1.97. The fraction of sp³-hybridized carbons (Fsp3) is 0.357. The van der Waals surface area contributed by atoms with Crippen LogP contribution in [0.2, 0.25) is 0 Å². The Hall–Kier alpha value is -1.30. The van der Waals surface area contributed by atoms with E-state index in [-0.39, 0.29) is 11.4 Å². The smallest absolute Gasteiger partial charge is 0.123 e. The molecule has 0 fully saturated rings. The van der Waals surface area contributed by atoms with Crippen molar-refractivity contribution in [3.63, 3.8) is 0 Å². The van der Waals surface area contributed by atoms with E-state index >= 15 is 0 Å². The van der Waals surface area contributed by atoms with Gasteiger partial charge in [-0.15, -0.1) is 11.3 Å². The zero-order valence-corrected chi connectivity index (χ0v) is 12.1. The lowest BCUT2D eigenvalue weighted by molar-refractivity contribution is -0.0760. The van der Waals surface area contributed by atoms with Crippen molar-refractivity contribution in [1.82, 2.24) is 10.5 Å². The van der Waals surface area contributed by atoms with Gasteiger partial charge in [-0.1, -0.05) is 0 Å². The molecule has 0 radical (unpaired) electrons. The molecule has 1 aromatic carbocycles. The number of rotatable bonds is 4. The number of halogens is 1. The van der Waals surface area contributed by atoms with Gasteiger partial charge >= 0.3 is 0 Å². The van der Waals surface area contributed by atoms with Gasteiger partial charge in [0.05, 0.1) is 17.8 Å². The van der Waals surface area contributed by atoms with Crippen LogP contribution in [0.1, 0.15) is 26.5 Å². The number of hydrogen-bond donors (Lipinski definition) is 1. The van der Waals surface area contributed by atoms with Crippen LogP contribution < -0.4 is 5.48 Å². The van der Waals surface area contributed by atoms with Gasteiger partial charge in [0.25, 0.3) is 0 Å². The van der Waals surface area contributed by atoms with Crippen molar-refractivity contribution in [3.8, 4) is 10.6 Å². The third-order valence-electron chi connectivity index (χ3n) is 2.27. The van der Waals surface area contributed by atoms with E-state index in [2.05, 4.69) is 10.5 Å². The number of aromatic nitrogens is 1. The molecule has 19 heavy (non-hydrogen) atoms. The molecular weight excluding hydrogens is 263 g/mol. The molecule has 0 aliphatic rings. The molecule has 2 rings (SSSR count). The first-order valence-electron chi connectivity index (χ1n) is 6.05. The second kappa shape index (κ2) is 5.77. The Labute approximate surface area is 116 Å². The molecule has 0 saturated heterocycles. The van der Waals surface area contributed by atoms with Gasteiger partial charge in [0.15, 0.2) is 0 Å². The first kappa shape index (κ1) is 14.1. The van der Waals surface area contributed by atoms with E-state index in [1.807, 2.05) is 26.2 Å². The van der Waals surface area contributed by atoms with Crippen LogP contribution in [-0.4, -0.2) is 10.6 Å². The van der Waals surface area contributed by atoms with E-state index in [9.17, 15) is 4.39 Å². The van der Waals surface area contributed by atoms with Gasteiger partial charge in [0.1, 0.15) is 10.8 Å². The third-order valence-corrected chi connectivity index (χ3v) is 3.21. The normalized spacial score (nSPS) is 11.8. The molecule has 1 aromatic heterocycles. The summed E-state index contributed by atoms with van der Waals surface area (Å²) in [4.78, 5) is 9.91. The minimum absolute atomic E-state index is 0.226. The predicted octanol–water partition coefficient (Wildman–Crippen LogP) is 3.77. The topological polar surface area (TPSA) is 34.1 Å². The van der Waals surface area contributed by atoms with E-state index in [0.29, 0.717) is 6.54 Å². The number of nitrogens with zero attached hydrogens (tertiary/aromatic N) is 1. The van der Waals surface area contributed by atoms with Crippen LogP contribution in [0.4, 0.5) is 4.39 Å². The SMILES string of the molecule is CC(C)(C)ONCc1csc(-c2ccc(F)cc2)n1. The van der Waals surface area contributed by atoms with E-state index in [4.69, 9.17) is 4.84 Å². The molecule has 5 heteroatoms. The van der Waals surface area contributed by atoms with Crippen molar-refractivity contribution in [1.29, 1.82) is 0 Å². The summed E-state index contributed by atoms with van der Waals surface area (Å²) in [5, 5.41) is 2.85. The minimum atomic E-state index is -0.235. The summed E-state index contributed by atoms with van der Waals surface area (Å²) in [6.45, 7) is 6.48. The quantitative estimate of drug-likeness (QED) is 0.866. The van der Waals surface area contributed by atoms with Gasteiger partial charge in [-0.2, -0.15) is 5.48 Å². The maximum absolute atomic E-state index is 12.8.